The van der Waals surface area contributed by atoms with Crippen LogP contribution in [-0.4, -0.2) is 20.3 Å². The number of nitrogens with zero attached hydrogens (tertiary/aromatic N) is 3. The first-order chi connectivity index (χ1) is 10.7. The number of halogens is 1. The largest absolute Gasteiger partial charge is 0.486 e. The number of ether oxygens (including phenoxy) is 1. The summed E-state index contributed by atoms with van der Waals surface area (Å²) in [6, 6.07) is 9.06. The first-order valence-electron chi connectivity index (χ1n) is 6.54. The molecule has 2 heterocycles. The topological polar surface area (TPSA) is 76.8 Å². The summed E-state index contributed by atoms with van der Waals surface area (Å²) in [7, 11) is 0. The summed E-state index contributed by atoms with van der Waals surface area (Å²) in [4.78, 5) is 4.35. The third-order valence-electron chi connectivity index (χ3n) is 2.72. The summed E-state index contributed by atoms with van der Waals surface area (Å²) in [5, 5.41) is 12.1. The molecule has 0 saturated carbocycles. The minimum Gasteiger partial charge on any atom is -0.486 e. The van der Waals surface area contributed by atoms with Crippen LogP contribution in [0, 0.1) is 6.92 Å². The Morgan fingerprint density at radius 1 is 1.32 bits per heavy atom. The van der Waals surface area contributed by atoms with E-state index in [0.29, 0.717) is 28.4 Å². The van der Waals surface area contributed by atoms with E-state index in [1.807, 2.05) is 13.0 Å². The smallest absolute Gasteiger partial charge is 0.208 e. The Labute approximate surface area is 136 Å². The van der Waals surface area contributed by atoms with Crippen molar-refractivity contribution in [1.29, 1.82) is 0 Å². The lowest BCUT2D eigenvalue weighted by molar-refractivity contribution is 0.296. The molecule has 1 N–H and O–H groups in total. The number of nitrogens with one attached hydrogen (secondary N) is 1. The number of aromatic nitrogens is 4. The molecule has 2 aromatic heterocycles. The van der Waals surface area contributed by atoms with E-state index in [1.54, 1.807) is 24.3 Å². The minimum atomic E-state index is 0.316. The number of H-pyrrole nitrogens is 1. The molecule has 22 heavy (non-hydrogen) atoms. The fraction of sp³-hybridized carbons (Fsp3) is 0.214. The SMILES string of the molecule is Cc1cc(CSc2n[nH]c(COc3ccc(Cl)cc3)n2)on1. The van der Waals surface area contributed by atoms with Crippen LogP contribution in [0.1, 0.15) is 17.3 Å². The van der Waals surface area contributed by atoms with Crippen molar-refractivity contribution in [3.8, 4) is 5.75 Å². The fourth-order valence-electron chi connectivity index (χ4n) is 1.71. The second-order valence-corrected chi connectivity index (χ2v) is 5.91. The van der Waals surface area contributed by atoms with Crippen LogP contribution < -0.4 is 4.74 Å². The number of hydrogen-bond donors (Lipinski definition) is 1. The van der Waals surface area contributed by atoms with Gasteiger partial charge in [0, 0.05) is 11.1 Å². The summed E-state index contributed by atoms with van der Waals surface area (Å²) >= 11 is 7.29. The molecule has 0 atom stereocenters. The second-order valence-electron chi connectivity index (χ2n) is 4.53. The Morgan fingerprint density at radius 2 is 2.14 bits per heavy atom. The fourth-order valence-corrected chi connectivity index (χ4v) is 2.53. The van der Waals surface area contributed by atoms with Gasteiger partial charge in [-0.15, -0.1) is 5.10 Å². The van der Waals surface area contributed by atoms with E-state index in [0.717, 1.165) is 17.2 Å². The first kappa shape index (κ1) is 14.9. The third-order valence-corrected chi connectivity index (χ3v) is 3.84. The molecule has 3 rings (SSSR count). The molecule has 0 aliphatic heterocycles. The molecule has 8 heteroatoms. The molecular weight excluding hydrogens is 324 g/mol. The van der Waals surface area contributed by atoms with Gasteiger partial charge in [-0.05, 0) is 31.2 Å². The molecule has 1 aromatic carbocycles. The number of benzene rings is 1. The van der Waals surface area contributed by atoms with E-state index >= 15 is 0 Å². The van der Waals surface area contributed by atoms with E-state index in [1.165, 1.54) is 11.8 Å². The minimum absolute atomic E-state index is 0.316. The van der Waals surface area contributed by atoms with E-state index in [2.05, 4.69) is 20.3 Å². The van der Waals surface area contributed by atoms with Gasteiger partial charge in [-0.2, -0.15) is 0 Å². The zero-order valence-electron chi connectivity index (χ0n) is 11.7. The summed E-state index contributed by atoms with van der Waals surface area (Å²) in [6.07, 6.45) is 0. The van der Waals surface area contributed by atoms with Gasteiger partial charge in [0.15, 0.2) is 5.82 Å². The highest BCUT2D eigenvalue weighted by Gasteiger charge is 2.07. The summed E-state index contributed by atoms with van der Waals surface area (Å²) in [5.41, 5.74) is 0.864. The maximum atomic E-state index is 5.82. The first-order valence-corrected chi connectivity index (χ1v) is 7.90. The van der Waals surface area contributed by atoms with Crippen molar-refractivity contribution in [2.45, 2.75) is 24.4 Å². The Kier molecular flexibility index (Phi) is 4.65. The Bertz CT molecular complexity index is 741. The van der Waals surface area contributed by atoms with Gasteiger partial charge >= 0.3 is 0 Å². The zero-order valence-corrected chi connectivity index (χ0v) is 13.3. The highest BCUT2D eigenvalue weighted by molar-refractivity contribution is 7.98. The molecule has 0 radical (unpaired) electrons. The highest BCUT2D eigenvalue weighted by Crippen LogP contribution is 2.20. The molecule has 114 valence electrons. The quantitative estimate of drug-likeness (QED) is 0.693. The van der Waals surface area contributed by atoms with Gasteiger partial charge in [0.25, 0.3) is 0 Å². The average Bonchev–Trinajstić information content (AvgIpc) is 3.13. The summed E-state index contributed by atoms with van der Waals surface area (Å²) in [6.45, 7) is 2.20. The van der Waals surface area contributed by atoms with E-state index in [-0.39, 0.29) is 0 Å². The maximum absolute atomic E-state index is 5.82. The molecule has 0 unspecified atom stereocenters. The van der Waals surface area contributed by atoms with E-state index in [4.69, 9.17) is 20.9 Å². The molecule has 0 bridgehead atoms. The normalized spacial score (nSPS) is 10.8. The van der Waals surface area contributed by atoms with Crippen LogP contribution in [-0.2, 0) is 12.4 Å². The van der Waals surface area contributed by atoms with Gasteiger partial charge in [-0.25, -0.2) is 4.98 Å². The molecule has 0 spiro atoms. The lowest BCUT2D eigenvalue weighted by Gasteiger charge is -2.02. The number of thioether (sulfide) groups is 1. The van der Waals surface area contributed by atoms with Crippen LogP contribution in [0.15, 0.2) is 40.0 Å². The Hall–Kier alpha value is -1.99. The summed E-state index contributed by atoms with van der Waals surface area (Å²) < 4.78 is 10.7. The molecular formula is C14H13ClN4O2S. The van der Waals surface area contributed by atoms with Gasteiger partial charge in [0.1, 0.15) is 18.1 Å². The van der Waals surface area contributed by atoms with Crippen LogP contribution in [0.3, 0.4) is 0 Å². The van der Waals surface area contributed by atoms with Crippen molar-refractivity contribution >= 4 is 23.4 Å². The summed E-state index contributed by atoms with van der Waals surface area (Å²) in [5.74, 6) is 2.82. The predicted molar refractivity (Wildman–Crippen MR) is 83.0 cm³/mol. The van der Waals surface area contributed by atoms with Crippen molar-refractivity contribution in [3.63, 3.8) is 0 Å². The molecule has 0 aliphatic rings. The predicted octanol–water partition coefficient (Wildman–Crippen LogP) is 3.63. The van der Waals surface area contributed by atoms with Gasteiger partial charge in [0.05, 0.1) is 11.4 Å². The van der Waals surface area contributed by atoms with Crippen LogP contribution in [0.25, 0.3) is 0 Å². The second kappa shape index (κ2) is 6.85. The Balaban J connectivity index is 1.51. The van der Waals surface area contributed by atoms with Crippen molar-refractivity contribution in [3.05, 3.63) is 52.6 Å². The number of rotatable bonds is 6. The Morgan fingerprint density at radius 3 is 2.86 bits per heavy atom. The average molecular weight is 337 g/mol. The number of aromatic amines is 1. The van der Waals surface area contributed by atoms with Crippen LogP contribution in [0.5, 0.6) is 5.75 Å². The molecule has 0 fully saturated rings. The van der Waals surface area contributed by atoms with Crippen LogP contribution >= 0.6 is 23.4 Å². The highest BCUT2D eigenvalue weighted by atomic mass is 35.5. The van der Waals surface area contributed by atoms with E-state index < -0.39 is 0 Å². The van der Waals surface area contributed by atoms with Gasteiger partial charge in [-0.1, -0.05) is 28.5 Å². The lowest BCUT2D eigenvalue weighted by Crippen LogP contribution is -1.97. The zero-order chi connectivity index (χ0) is 15.4. The number of hydrogen-bond acceptors (Lipinski definition) is 6. The monoisotopic (exact) mass is 336 g/mol. The molecule has 0 aliphatic carbocycles. The van der Waals surface area contributed by atoms with Crippen molar-refractivity contribution in [2.24, 2.45) is 0 Å². The molecule has 0 amide bonds. The molecule has 0 saturated heterocycles. The van der Waals surface area contributed by atoms with Gasteiger partial charge < -0.3 is 9.26 Å². The third kappa shape index (κ3) is 4.02. The van der Waals surface area contributed by atoms with Gasteiger partial charge in [-0.3, -0.25) is 5.10 Å². The number of aryl methyl sites for hydroxylation is 1. The maximum Gasteiger partial charge on any atom is 0.208 e. The van der Waals surface area contributed by atoms with Gasteiger partial charge in [0.2, 0.25) is 5.16 Å². The van der Waals surface area contributed by atoms with E-state index in [9.17, 15) is 0 Å². The molecule has 3 aromatic rings. The molecule has 6 nitrogen and oxygen atoms in total. The standard InChI is InChI=1S/C14H13ClN4O2S/c1-9-6-12(21-19-9)8-22-14-16-13(17-18-14)7-20-11-4-2-10(15)3-5-11/h2-6H,7-8H2,1H3,(H,16,17,18). The van der Waals surface area contributed by atoms with Crippen molar-refractivity contribution in [1.82, 2.24) is 20.3 Å². The lowest BCUT2D eigenvalue weighted by atomic mass is 10.3. The van der Waals surface area contributed by atoms with Crippen molar-refractivity contribution < 1.29 is 9.26 Å². The van der Waals surface area contributed by atoms with Crippen LogP contribution in [0.2, 0.25) is 5.02 Å². The van der Waals surface area contributed by atoms with Crippen molar-refractivity contribution in [2.75, 3.05) is 0 Å². The van der Waals surface area contributed by atoms with Crippen LogP contribution in [0.4, 0.5) is 0 Å².